The molecule has 1 aromatic heterocycles. The summed E-state index contributed by atoms with van der Waals surface area (Å²) in [5, 5.41) is 9.18. The van der Waals surface area contributed by atoms with Gasteiger partial charge in [-0.1, -0.05) is 0 Å². The standard InChI is InChI=1S/C15H18N2O2/c1-9-5-12(6-10(2)15(9)19-4)13-7-11(3)16-14(8-18)17-13/h5-7,18H,8H2,1-4H3. The zero-order chi connectivity index (χ0) is 14.0. The summed E-state index contributed by atoms with van der Waals surface area (Å²) in [4.78, 5) is 8.53. The van der Waals surface area contributed by atoms with E-state index < -0.39 is 0 Å². The highest BCUT2D eigenvalue weighted by molar-refractivity contribution is 5.64. The second-order valence-electron chi connectivity index (χ2n) is 4.61. The number of aryl methyl sites for hydroxylation is 3. The van der Waals surface area contributed by atoms with E-state index in [9.17, 15) is 5.11 Å². The van der Waals surface area contributed by atoms with Crippen molar-refractivity contribution in [1.29, 1.82) is 0 Å². The molecule has 2 aromatic rings. The van der Waals surface area contributed by atoms with Gasteiger partial charge in [0.25, 0.3) is 0 Å². The fourth-order valence-electron chi connectivity index (χ4n) is 2.27. The molecule has 2 rings (SSSR count). The largest absolute Gasteiger partial charge is 0.496 e. The molecular weight excluding hydrogens is 240 g/mol. The molecule has 0 radical (unpaired) electrons. The Bertz CT molecular complexity index is 586. The van der Waals surface area contributed by atoms with E-state index in [1.165, 1.54) is 0 Å². The van der Waals surface area contributed by atoms with E-state index in [-0.39, 0.29) is 6.61 Å². The highest BCUT2D eigenvalue weighted by atomic mass is 16.5. The summed E-state index contributed by atoms with van der Waals surface area (Å²) in [5.41, 5.74) is 4.82. The Morgan fingerprint density at radius 3 is 2.21 bits per heavy atom. The van der Waals surface area contributed by atoms with Gasteiger partial charge in [-0.2, -0.15) is 0 Å². The molecule has 0 saturated heterocycles. The lowest BCUT2D eigenvalue weighted by molar-refractivity contribution is 0.271. The molecule has 0 amide bonds. The molecule has 100 valence electrons. The molecule has 19 heavy (non-hydrogen) atoms. The molecule has 0 bridgehead atoms. The van der Waals surface area contributed by atoms with E-state index in [4.69, 9.17) is 4.74 Å². The first-order valence-electron chi connectivity index (χ1n) is 6.16. The number of rotatable bonds is 3. The van der Waals surface area contributed by atoms with Crippen molar-refractivity contribution >= 4 is 0 Å². The molecule has 1 heterocycles. The van der Waals surface area contributed by atoms with Gasteiger partial charge in [0.05, 0.1) is 12.8 Å². The molecule has 0 atom stereocenters. The van der Waals surface area contributed by atoms with E-state index in [1.54, 1.807) is 7.11 Å². The number of methoxy groups -OCH3 is 1. The average Bonchev–Trinajstić information content (AvgIpc) is 2.37. The highest BCUT2D eigenvalue weighted by Gasteiger charge is 2.09. The van der Waals surface area contributed by atoms with E-state index in [0.717, 1.165) is 33.8 Å². The molecular formula is C15H18N2O2. The van der Waals surface area contributed by atoms with Crippen molar-refractivity contribution in [2.45, 2.75) is 27.4 Å². The molecule has 4 nitrogen and oxygen atoms in total. The van der Waals surface area contributed by atoms with Crippen molar-refractivity contribution in [1.82, 2.24) is 9.97 Å². The van der Waals surface area contributed by atoms with Crippen LogP contribution in [0.1, 0.15) is 22.6 Å². The van der Waals surface area contributed by atoms with Crippen LogP contribution in [0.15, 0.2) is 18.2 Å². The van der Waals surface area contributed by atoms with Crippen LogP contribution in [0.3, 0.4) is 0 Å². The molecule has 0 aliphatic carbocycles. The zero-order valence-corrected chi connectivity index (χ0v) is 11.7. The number of hydrogen-bond donors (Lipinski definition) is 1. The monoisotopic (exact) mass is 258 g/mol. The minimum Gasteiger partial charge on any atom is -0.496 e. The summed E-state index contributed by atoms with van der Waals surface area (Å²) >= 11 is 0. The predicted molar refractivity (Wildman–Crippen MR) is 74.2 cm³/mol. The maximum atomic E-state index is 9.18. The number of aromatic nitrogens is 2. The third-order valence-electron chi connectivity index (χ3n) is 3.00. The maximum Gasteiger partial charge on any atom is 0.154 e. The first-order chi connectivity index (χ1) is 9.05. The lowest BCUT2D eigenvalue weighted by Gasteiger charge is -2.11. The molecule has 0 spiro atoms. The van der Waals surface area contributed by atoms with Gasteiger partial charge in [0.1, 0.15) is 12.4 Å². The molecule has 0 saturated carbocycles. The van der Waals surface area contributed by atoms with Crippen LogP contribution in [0.25, 0.3) is 11.3 Å². The summed E-state index contributed by atoms with van der Waals surface area (Å²) in [5.74, 6) is 1.35. The predicted octanol–water partition coefficient (Wildman–Crippen LogP) is 2.57. The molecule has 1 N–H and O–H groups in total. The molecule has 4 heteroatoms. The number of nitrogens with zero attached hydrogens (tertiary/aromatic N) is 2. The number of ether oxygens (including phenoxy) is 1. The van der Waals surface area contributed by atoms with Crippen LogP contribution in [-0.4, -0.2) is 22.2 Å². The Labute approximate surface area is 113 Å². The summed E-state index contributed by atoms with van der Waals surface area (Å²) < 4.78 is 5.36. The number of aliphatic hydroxyl groups excluding tert-OH is 1. The fourth-order valence-corrected chi connectivity index (χ4v) is 2.27. The van der Waals surface area contributed by atoms with E-state index in [0.29, 0.717) is 5.82 Å². The molecule has 0 unspecified atom stereocenters. The number of hydrogen-bond acceptors (Lipinski definition) is 4. The zero-order valence-electron chi connectivity index (χ0n) is 11.7. The summed E-state index contributed by atoms with van der Waals surface area (Å²) in [7, 11) is 1.67. The Kier molecular flexibility index (Phi) is 3.81. The topological polar surface area (TPSA) is 55.2 Å². The molecule has 0 fully saturated rings. The lowest BCUT2D eigenvalue weighted by Crippen LogP contribution is -1.99. The van der Waals surface area contributed by atoms with Crippen LogP contribution in [-0.2, 0) is 6.61 Å². The fraction of sp³-hybridized carbons (Fsp3) is 0.333. The highest BCUT2D eigenvalue weighted by Crippen LogP contribution is 2.29. The van der Waals surface area contributed by atoms with E-state index >= 15 is 0 Å². The quantitative estimate of drug-likeness (QED) is 0.919. The van der Waals surface area contributed by atoms with Crippen molar-refractivity contribution in [3.05, 3.63) is 40.8 Å². The second-order valence-corrected chi connectivity index (χ2v) is 4.61. The number of benzene rings is 1. The first-order valence-corrected chi connectivity index (χ1v) is 6.16. The summed E-state index contributed by atoms with van der Waals surface area (Å²) in [6.45, 7) is 5.77. The Hall–Kier alpha value is -1.94. The van der Waals surface area contributed by atoms with Gasteiger partial charge in [-0.3, -0.25) is 0 Å². The van der Waals surface area contributed by atoms with Crippen LogP contribution < -0.4 is 4.74 Å². The summed E-state index contributed by atoms with van der Waals surface area (Å²) in [6, 6.07) is 5.99. The Morgan fingerprint density at radius 2 is 1.68 bits per heavy atom. The van der Waals surface area contributed by atoms with Crippen molar-refractivity contribution in [3.63, 3.8) is 0 Å². The Morgan fingerprint density at radius 1 is 1.05 bits per heavy atom. The maximum absolute atomic E-state index is 9.18. The third kappa shape index (κ3) is 2.74. The minimum atomic E-state index is -0.150. The van der Waals surface area contributed by atoms with Gasteiger partial charge in [0.2, 0.25) is 0 Å². The second kappa shape index (κ2) is 5.36. The van der Waals surface area contributed by atoms with Crippen LogP contribution in [0.5, 0.6) is 5.75 Å². The van der Waals surface area contributed by atoms with Gasteiger partial charge >= 0.3 is 0 Å². The van der Waals surface area contributed by atoms with Crippen LogP contribution in [0.2, 0.25) is 0 Å². The number of aliphatic hydroxyl groups is 1. The normalized spacial score (nSPS) is 10.6. The van der Waals surface area contributed by atoms with Gasteiger partial charge in [0.15, 0.2) is 5.82 Å². The van der Waals surface area contributed by atoms with Crippen LogP contribution in [0.4, 0.5) is 0 Å². The van der Waals surface area contributed by atoms with Crippen molar-refractivity contribution in [2.24, 2.45) is 0 Å². The molecule has 0 aliphatic heterocycles. The smallest absolute Gasteiger partial charge is 0.154 e. The average molecular weight is 258 g/mol. The Balaban J connectivity index is 2.56. The SMILES string of the molecule is COc1c(C)cc(-c2cc(C)nc(CO)n2)cc1C. The lowest BCUT2D eigenvalue weighted by atomic mass is 10.0. The van der Waals surface area contributed by atoms with Crippen molar-refractivity contribution in [2.75, 3.05) is 7.11 Å². The van der Waals surface area contributed by atoms with E-state index in [1.807, 2.05) is 39.0 Å². The summed E-state index contributed by atoms with van der Waals surface area (Å²) in [6.07, 6.45) is 0. The third-order valence-corrected chi connectivity index (χ3v) is 3.00. The van der Waals surface area contributed by atoms with Crippen LogP contribution in [0, 0.1) is 20.8 Å². The van der Waals surface area contributed by atoms with Gasteiger partial charge < -0.3 is 9.84 Å². The molecule has 0 aliphatic rings. The molecule has 1 aromatic carbocycles. The first kappa shape index (κ1) is 13.5. The van der Waals surface area contributed by atoms with Gasteiger partial charge in [0, 0.05) is 11.3 Å². The van der Waals surface area contributed by atoms with Gasteiger partial charge in [-0.15, -0.1) is 0 Å². The van der Waals surface area contributed by atoms with Crippen LogP contribution >= 0.6 is 0 Å². The minimum absolute atomic E-state index is 0.150. The van der Waals surface area contributed by atoms with Crippen molar-refractivity contribution < 1.29 is 9.84 Å². The van der Waals surface area contributed by atoms with Gasteiger partial charge in [-0.25, -0.2) is 9.97 Å². The van der Waals surface area contributed by atoms with Crippen molar-refractivity contribution in [3.8, 4) is 17.0 Å². The van der Waals surface area contributed by atoms with E-state index in [2.05, 4.69) is 9.97 Å². The van der Waals surface area contributed by atoms with Gasteiger partial charge in [-0.05, 0) is 50.1 Å².